The molecule has 0 spiro atoms. The molecule has 0 saturated heterocycles. The Kier molecular flexibility index (Phi) is 1.87. The fraction of sp³-hybridized carbons (Fsp3) is 0.556. The minimum absolute atomic E-state index is 0.0838. The van der Waals surface area contributed by atoms with Gasteiger partial charge in [0.1, 0.15) is 11.9 Å². The zero-order valence-electron chi connectivity index (χ0n) is 6.91. The summed E-state index contributed by atoms with van der Waals surface area (Å²) in [7, 11) is 0. The number of hydrogen-bond acceptors (Lipinski definition) is 2. The average Bonchev–Trinajstić information content (AvgIpc) is 2.58. The smallest absolute Gasteiger partial charge is 0.251 e. The fourth-order valence-corrected chi connectivity index (χ4v) is 1.39. The highest BCUT2D eigenvalue weighted by Crippen LogP contribution is 2.52. The molecule has 1 aliphatic carbocycles. The van der Waals surface area contributed by atoms with E-state index in [1.807, 2.05) is 0 Å². The molecule has 1 aromatic heterocycles. The van der Waals surface area contributed by atoms with Crippen LogP contribution in [0.4, 0.5) is 8.78 Å². The van der Waals surface area contributed by atoms with E-state index in [1.54, 1.807) is 12.1 Å². The van der Waals surface area contributed by atoms with Gasteiger partial charge in [0.25, 0.3) is 5.92 Å². The van der Waals surface area contributed by atoms with Gasteiger partial charge in [-0.05, 0) is 18.6 Å². The lowest BCUT2D eigenvalue weighted by molar-refractivity contribution is 0.0707. The number of aliphatic hydroxyl groups excluding tert-OH is 1. The van der Waals surface area contributed by atoms with Crippen molar-refractivity contribution in [2.75, 3.05) is 0 Å². The number of rotatable bonds is 3. The third-order valence-electron chi connectivity index (χ3n) is 2.34. The summed E-state index contributed by atoms with van der Waals surface area (Å²) in [5.41, 5.74) is 0. The number of alkyl halides is 2. The molecular weight excluding hydrogens is 178 g/mol. The summed E-state index contributed by atoms with van der Waals surface area (Å²) in [6.07, 6.45) is 0.503. The molecule has 1 aromatic rings. The van der Waals surface area contributed by atoms with Crippen LogP contribution in [-0.2, 0) is 0 Å². The lowest BCUT2D eigenvalue weighted by Gasteiger charge is -2.05. The van der Waals surface area contributed by atoms with Crippen LogP contribution >= 0.6 is 0 Å². The molecule has 0 aromatic carbocycles. The Balaban J connectivity index is 1.90. The van der Waals surface area contributed by atoms with Gasteiger partial charge < -0.3 is 9.52 Å². The molecule has 2 unspecified atom stereocenters. The normalized spacial score (nSPS) is 27.2. The summed E-state index contributed by atoms with van der Waals surface area (Å²) in [5.74, 6) is -2.87. The van der Waals surface area contributed by atoms with E-state index in [2.05, 4.69) is 0 Å². The Bertz CT molecular complexity index is 282. The molecule has 1 heterocycles. The van der Waals surface area contributed by atoms with Gasteiger partial charge in [-0.3, -0.25) is 0 Å². The molecule has 1 saturated carbocycles. The fourth-order valence-electron chi connectivity index (χ4n) is 1.39. The summed E-state index contributed by atoms with van der Waals surface area (Å²) in [6.45, 7) is 0. The average molecular weight is 188 g/mol. The van der Waals surface area contributed by atoms with Gasteiger partial charge in [-0.1, -0.05) is 0 Å². The Morgan fingerprint density at radius 1 is 1.69 bits per heavy atom. The molecule has 1 N–H and O–H groups in total. The molecule has 0 bridgehead atoms. The second kappa shape index (κ2) is 2.80. The summed E-state index contributed by atoms with van der Waals surface area (Å²) >= 11 is 0. The van der Waals surface area contributed by atoms with E-state index in [4.69, 9.17) is 4.42 Å². The van der Waals surface area contributed by atoms with Gasteiger partial charge in [-0.25, -0.2) is 8.78 Å². The zero-order chi connectivity index (χ0) is 9.47. The Labute approximate surface area is 74.2 Å². The predicted molar refractivity (Wildman–Crippen MR) is 41.3 cm³/mol. The highest BCUT2D eigenvalue weighted by Gasteiger charge is 2.57. The summed E-state index contributed by atoms with van der Waals surface area (Å²) in [4.78, 5) is 0. The van der Waals surface area contributed by atoms with Crippen molar-refractivity contribution in [3.8, 4) is 0 Å². The molecule has 2 nitrogen and oxygen atoms in total. The highest BCUT2D eigenvalue weighted by atomic mass is 19.3. The standard InChI is InChI=1S/C9H10F2O2/c10-9(11)5-6(9)4-7(12)8-2-1-3-13-8/h1-3,6-7,12H,4-5H2. The molecule has 4 heteroatoms. The summed E-state index contributed by atoms with van der Waals surface area (Å²) < 4.78 is 29.8. The van der Waals surface area contributed by atoms with Crippen LogP contribution < -0.4 is 0 Å². The maximum atomic E-state index is 12.5. The first-order chi connectivity index (χ1) is 6.09. The Morgan fingerprint density at radius 2 is 2.38 bits per heavy atom. The molecular formula is C9H10F2O2. The van der Waals surface area contributed by atoms with Gasteiger partial charge in [-0.2, -0.15) is 0 Å². The number of furan rings is 1. The first-order valence-corrected chi connectivity index (χ1v) is 4.19. The highest BCUT2D eigenvalue weighted by molar-refractivity contribution is 5.05. The molecule has 0 radical (unpaired) electrons. The van der Waals surface area contributed by atoms with Crippen LogP contribution in [0.3, 0.4) is 0 Å². The van der Waals surface area contributed by atoms with Gasteiger partial charge in [0.15, 0.2) is 0 Å². The quantitative estimate of drug-likeness (QED) is 0.789. The van der Waals surface area contributed by atoms with E-state index in [1.165, 1.54) is 6.26 Å². The van der Waals surface area contributed by atoms with Crippen molar-refractivity contribution in [1.29, 1.82) is 0 Å². The van der Waals surface area contributed by atoms with E-state index >= 15 is 0 Å². The monoisotopic (exact) mass is 188 g/mol. The van der Waals surface area contributed by atoms with Crippen LogP contribution in [0.1, 0.15) is 24.7 Å². The van der Waals surface area contributed by atoms with E-state index in [0.29, 0.717) is 5.76 Å². The molecule has 13 heavy (non-hydrogen) atoms. The number of hydrogen-bond donors (Lipinski definition) is 1. The van der Waals surface area contributed by atoms with Gasteiger partial charge in [0, 0.05) is 12.3 Å². The van der Waals surface area contributed by atoms with Gasteiger partial charge >= 0.3 is 0 Å². The summed E-state index contributed by atoms with van der Waals surface area (Å²) in [5, 5.41) is 9.42. The van der Waals surface area contributed by atoms with E-state index < -0.39 is 17.9 Å². The number of aliphatic hydroxyl groups is 1. The van der Waals surface area contributed by atoms with Crippen molar-refractivity contribution < 1.29 is 18.3 Å². The lowest BCUT2D eigenvalue weighted by atomic mass is 10.1. The van der Waals surface area contributed by atoms with Crippen molar-refractivity contribution >= 4 is 0 Å². The van der Waals surface area contributed by atoms with Crippen molar-refractivity contribution in [1.82, 2.24) is 0 Å². The first kappa shape index (κ1) is 8.69. The van der Waals surface area contributed by atoms with Gasteiger partial charge in [0.2, 0.25) is 0 Å². The molecule has 1 fully saturated rings. The van der Waals surface area contributed by atoms with Gasteiger partial charge in [0.05, 0.1) is 6.26 Å². The van der Waals surface area contributed by atoms with Gasteiger partial charge in [-0.15, -0.1) is 0 Å². The molecule has 2 rings (SSSR count). The third-order valence-corrected chi connectivity index (χ3v) is 2.34. The van der Waals surface area contributed by atoms with Crippen LogP contribution in [0.25, 0.3) is 0 Å². The molecule has 2 atom stereocenters. The van der Waals surface area contributed by atoms with E-state index in [9.17, 15) is 13.9 Å². The van der Waals surface area contributed by atoms with Crippen LogP contribution in [0.15, 0.2) is 22.8 Å². The van der Waals surface area contributed by atoms with Crippen LogP contribution in [0.5, 0.6) is 0 Å². The number of halogens is 2. The first-order valence-electron chi connectivity index (χ1n) is 4.19. The maximum Gasteiger partial charge on any atom is 0.251 e. The Morgan fingerprint density at radius 3 is 2.85 bits per heavy atom. The third kappa shape index (κ3) is 1.72. The maximum absolute atomic E-state index is 12.5. The topological polar surface area (TPSA) is 33.4 Å². The van der Waals surface area contributed by atoms with E-state index in [-0.39, 0.29) is 12.8 Å². The second-order valence-corrected chi connectivity index (χ2v) is 3.43. The largest absolute Gasteiger partial charge is 0.467 e. The summed E-state index contributed by atoms with van der Waals surface area (Å²) in [6, 6.07) is 3.22. The molecule has 1 aliphatic rings. The second-order valence-electron chi connectivity index (χ2n) is 3.43. The van der Waals surface area contributed by atoms with Crippen molar-refractivity contribution in [3.63, 3.8) is 0 Å². The van der Waals surface area contributed by atoms with Crippen LogP contribution in [0, 0.1) is 5.92 Å². The zero-order valence-corrected chi connectivity index (χ0v) is 6.91. The predicted octanol–water partition coefficient (Wildman–Crippen LogP) is 2.36. The van der Waals surface area contributed by atoms with Crippen LogP contribution in [0.2, 0.25) is 0 Å². The van der Waals surface area contributed by atoms with Crippen LogP contribution in [-0.4, -0.2) is 11.0 Å². The lowest BCUT2D eigenvalue weighted by Crippen LogP contribution is -2.01. The SMILES string of the molecule is OC(CC1CC1(F)F)c1ccco1. The molecule has 72 valence electrons. The van der Waals surface area contributed by atoms with Crippen molar-refractivity contribution in [2.45, 2.75) is 24.9 Å². The Hall–Kier alpha value is -0.900. The van der Waals surface area contributed by atoms with Crippen molar-refractivity contribution in [2.24, 2.45) is 5.92 Å². The van der Waals surface area contributed by atoms with E-state index in [0.717, 1.165) is 0 Å². The minimum atomic E-state index is -2.56. The molecule has 0 aliphatic heterocycles. The van der Waals surface area contributed by atoms with Crippen molar-refractivity contribution in [3.05, 3.63) is 24.2 Å². The minimum Gasteiger partial charge on any atom is -0.467 e. The molecule has 0 amide bonds.